The first-order valence-electron chi connectivity index (χ1n) is 13.2. The number of hydrogen-bond donors (Lipinski definition) is 3. The maximum absolute atomic E-state index is 13.1. The first-order valence-corrected chi connectivity index (χ1v) is 14.6. The van der Waals surface area contributed by atoms with Crippen LogP contribution in [-0.4, -0.2) is 49.6 Å². The molecule has 0 bridgehead atoms. The Morgan fingerprint density at radius 2 is 1.90 bits per heavy atom. The predicted octanol–water partition coefficient (Wildman–Crippen LogP) is 3.52. The lowest BCUT2D eigenvalue weighted by Gasteiger charge is -2.21. The summed E-state index contributed by atoms with van der Waals surface area (Å²) in [5, 5.41) is 11.4. The third-order valence-electron chi connectivity index (χ3n) is 7.11. The summed E-state index contributed by atoms with van der Waals surface area (Å²) in [5.41, 5.74) is 12.2. The minimum absolute atomic E-state index is 0.0932. The highest BCUT2D eigenvalue weighted by molar-refractivity contribution is 7.89. The zero-order valence-corrected chi connectivity index (χ0v) is 24.1. The number of ether oxygens (including phenoxy) is 1. The van der Waals surface area contributed by atoms with Gasteiger partial charge in [0.25, 0.3) is 0 Å². The second-order valence-electron chi connectivity index (χ2n) is 9.74. The Morgan fingerprint density at radius 1 is 1.12 bits per heavy atom. The van der Waals surface area contributed by atoms with Gasteiger partial charge in [-0.25, -0.2) is 17.8 Å². The van der Waals surface area contributed by atoms with Crippen LogP contribution in [0, 0.1) is 13.8 Å². The fraction of sp³-hybridized carbons (Fsp3) is 0.345. The molecule has 0 aliphatic rings. The normalized spacial score (nSPS) is 12.4. The Morgan fingerprint density at radius 3 is 2.65 bits per heavy atom. The number of anilines is 1. The third-order valence-corrected chi connectivity index (χ3v) is 8.57. The molecule has 1 atom stereocenters. The Kier molecular flexibility index (Phi) is 9.18. The second-order valence-corrected chi connectivity index (χ2v) is 11.5. The molecule has 0 saturated heterocycles. The number of fused-ring (bicyclic) bond motifs is 1. The van der Waals surface area contributed by atoms with E-state index in [2.05, 4.69) is 20.4 Å². The number of hydrogen-bond acceptors (Lipinski definition) is 8. The van der Waals surface area contributed by atoms with E-state index in [-0.39, 0.29) is 36.4 Å². The minimum Gasteiger partial charge on any atom is -0.466 e. The zero-order chi connectivity index (χ0) is 28.9. The van der Waals surface area contributed by atoms with Gasteiger partial charge in [0.2, 0.25) is 10.0 Å². The van der Waals surface area contributed by atoms with E-state index in [1.165, 1.54) is 0 Å². The van der Waals surface area contributed by atoms with Gasteiger partial charge in [0.1, 0.15) is 10.4 Å². The SMILES string of the molecule is CNc1ccccc1S(=O)(=O)NCc1cc(C(CC(=O)OCCCN)c2ccc3c(nnn3C)c2C)ccc1C. The number of carbonyl (C=O) groups excluding carboxylic acids is 1. The molecule has 4 rings (SSSR count). The highest BCUT2D eigenvalue weighted by Gasteiger charge is 2.24. The number of nitrogens with two attached hydrogens (primary N) is 1. The molecule has 212 valence electrons. The summed E-state index contributed by atoms with van der Waals surface area (Å²) in [5.74, 6) is -0.665. The lowest BCUT2D eigenvalue weighted by Crippen LogP contribution is -2.24. The van der Waals surface area contributed by atoms with E-state index in [1.54, 1.807) is 36.0 Å². The van der Waals surface area contributed by atoms with E-state index in [0.29, 0.717) is 18.7 Å². The van der Waals surface area contributed by atoms with Crippen molar-refractivity contribution in [2.45, 2.75) is 44.0 Å². The molecule has 10 nitrogen and oxygen atoms in total. The molecule has 0 aliphatic carbocycles. The van der Waals surface area contributed by atoms with Crippen molar-refractivity contribution in [2.24, 2.45) is 12.8 Å². The van der Waals surface area contributed by atoms with Crippen LogP contribution in [-0.2, 0) is 33.1 Å². The summed E-state index contributed by atoms with van der Waals surface area (Å²) in [6.45, 7) is 4.70. The molecule has 0 spiro atoms. The van der Waals surface area contributed by atoms with Gasteiger partial charge in [-0.1, -0.05) is 41.6 Å². The van der Waals surface area contributed by atoms with Gasteiger partial charge in [-0.2, -0.15) is 0 Å². The molecule has 0 saturated carbocycles. The van der Waals surface area contributed by atoms with Crippen LogP contribution in [0.3, 0.4) is 0 Å². The Labute approximate surface area is 235 Å². The largest absolute Gasteiger partial charge is 0.466 e. The highest BCUT2D eigenvalue weighted by atomic mass is 32.2. The molecule has 0 aliphatic heterocycles. The standard InChI is InChI=1S/C29H36N6O4S/c1-19-10-11-21(16-22(19)18-32-40(37,38)27-9-6-5-8-25(27)31-3)24(17-28(36)39-15-7-14-30)23-12-13-26-29(20(23)2)33-34-35(26)4/h5-6,8-13,16,24,31-32H,7,14-15,17-18,30H2,1-4H3. The number of carbonyl (C=O) groups is 1. The zero-order valence-electron chi connectivity index (χ0n) is 23.3. The summed E-state index contributed by atoms with van der Waals surface area (Å²) < 4.78 is 36.2. The van der Waals surface area contributed by atoms with Gasteiger partial charge < -0.3 is 15.8 Å². The summed E-state index contributed by atoms with van der Waals surface area (Å²) in [7, 11) is -0.258. The molecule has 1 heterocycles. The average Bonchev–Trinajstić information content (AvgIpc) is 3.33. The Balaban J connectivity index is 1.68. The van der Waals surface area contributed by atoms with Gasteiger partial charge in [-0.15, -0.1) is 5.10 Å². The number of sulfonamides is 1. The van der Waals surface area contributed by atoms with Crippen LogP contribution in [0.4, 0.5) is 5.69 Å². The maximum Gasteiger partial charge on any atom is 0.306 e. The molecule has 3 aromatic carbocycles. The summed E-state index contributed by atoms with van der Waals surface area (Å²) in [6.07, 6.45) is 0.702. The summed E-state index contributed by atoms with van der Waals surface area (Å²) in [6, 6.07) is 16.6. The lowest BCUT2D eigenvalue weighted by molar-refractivity contribution is -0.143. The number of aromatic nitrogens is 3. The van der Waals surface area contributed by atoms with Crippen LogP contribution in [0.5, 0.6) is 0 Å². The number of rotatable bonds is 12. The van der Waals surface area contributed by atoms with Gasteiger partial charge in [0.15, 0.2) is 0 Å². The molecule has 11 heteroatoms. The highest BCUT2D eigenvalue weighted by Crippen LogP contribution is 2.34. The number of esters is 1. The third kappa shape index (κ3) is 6.33. The van der Waals surface area contributed by atoms with Crippen molar-refractivity contribution in [2.75, 3.05) is 25.5 Å². The van der Waals surface area contributed by atoms with Gasteiger partial charge >= 0.3 is 5.97 Å². The van der Waals surface area contributed by atoms with Crippen LogP contribution >= 0.6 is 0 Å². The molecule has 0 amide bonds. The number of nitrogens with one attached hydrogen (secondary N) is 2. The molecule has 0 fully saturated rings. The van der Waals surface area contributed by atoms with E-state index in [0.717, 1.165) is 38.9 Å². The van der Waals surface area contributed by atoms with Crippen LogP contribution in [0.25, 0.3) is 11.0 Å². The van der Waals surface area contributed by atoms with Gasteiger partial charge in [0.05, 0.1) is 24.2 Å². The van der Waals surface area contributed by atoms with Crippen molar-refractivity contribution in [3.05, 3.63) is 82.4 Å². The second kappa shape index (κ2) is 12.6. The van der Waals surface area contributed by atoms with Crippen molar-refractivity contribution in [3.63, 3.8) is 0 Å². The molecular weight excluding hydrogens is 528 g/mol. The molecule has 4 N–H and O–H groups in total. The first kappa shape index (κ1) is 29.2. The number of benzene rings is 3. The quantitative estimate of drug-likeness (QED) is 0.175. The molecule has 40 heavy (non-hydrogen) atoms. The number of aryl methyl sites for hydroxylation is 3. The van der Waals surface area contributed by atoms with Crippen LogP contribution < -0.4 is 15.8 Å². The number of para-hydroxylation sites is 1. The van der Waals surface area contributed by atoms with E-state index in [9.17, 15) is 13.2 Å². The maximum atomic E-state index is 13.1. The lowest BCUT2D eigenvalue weighted by atomic mass is 9.84. The predicted molar refractivity (Wildman–Crippen MR) is 156 cm³/mol. The molecule has 1 unspecified atom stereocenters. The van der Waals surface area contributed by atoms with Crippen LogP contribution in [0.2, 0.25) is 0 Å². The van der Waals surface area contributed by atoms with Crippen molar-refractivity contribution >= 4 is 32.7 Å². The molecular formula is C29H36N6O4S. The fourth-order valence-electron chi connectivity index (χ4n) is 4.79. The minimum atomic E-state index is -3.78. The molecule has 0 radical (unpaired) electrons. The van der Waals surface area contributed by atoms with Crippen molar-refractivity contribution < 1.29 is 17.9 Å². The van der Waals surface area contributed by atoms with Crippen LogP contribution in [0.15, 0.2) is 59.5 Å². The first-order chi connectivity index (χ1) is 19.2. The Hall–Kier alpha value is -3.80. The van der Waals surface area contributed by atoms with Gasteiger partial charge in [-0.3, -0.25) is 4.79 Å². The van der Waals surface area contributed by atoms with E-state index < -0.39 is 10.0 Å². The van der Waals surface area contributed by atoms with E-state index >= 15 is 0 Å². The summed E-state index contributed by atoms with van der Waals surface area (Å²) in [4.78, 5) is 13.1. The van der Waals surface area contributed by atoms with Crippen molar-refractivity contribution in [3.8, 4) is 0 Å². The fourth-order valence-corrected chi connectivity index (χ4v) is 6.00. The van der Waals surface area contributed by atoms with Crippen molar-refractivity contribution in [1.29, 1.82) is 0 Å². The van der Waals surface area contributed by atoms with Crippen molar-refractivity contribution in [1.82, 2.24) is 19.7 Å². The van der Waals surface area contributed by atoms with Gasteiger partial charge in [-0.05, 0) is 72.8 Å². The summed E-state index contributed by atoms with van der Waals surface area (Å²) >= 11 is 0. The monoisotopic (exact) mass is 564 g/mol. The molecule has 4 aromatic rings. The number of nitrogens with zero attached hydrogens (tertiary/aromatic N) is 3. The smallest absolute Gasteiger partial charge is 0.306 e. The van der Waals surface area contributed by atoms with Crippen LogP contribution in [0.1, 0.15) is 46.6 Å². The van der Waals surface area contributed by atoms with E-state index in [1.807, 2.05) is 51.2 Å². The van der Waals surface area contributed by atoms with Gasteiger partial charge in [0, 0.05) is 26.6 Å². The van der Waals surface area contributed by atoms with E-state index in [4.69, 9.17) is 10.5 Å². The molecule has 1 aromatic heterocycles. The Bertz CT molecular complexity index is 1620. The topological polar surface area (TPSA) is 141 Å². The average molecular weight is 565 g/mol.